The summed E-state index contributed by atoms with van der Waals surface area (Å²) in [6.45, 7) is 2.06. The highest BCUT2D eigenvalue weighted by Gasteiger charge is 2.11. The monoisotopic (exact) mass is 224 g/mol. The van der Waals surface area contributed by atoms with Gasteiger partial charge in [-0.25, -0.2) is 0 Å². The van der Waals surface area contributed by atoms with Crippen molar-refractivity contribution in [3.8, 4) is 11.3 Å². The molecule has 2 aromatic rings. The van der Waals surface area contributed by atoms with Gasteiger partial charge >= 0.3 is 0 Å². The molecule has 3 rings (SSSR count). The summed E-state index contributed by atoms with van der Waals surface area (Å²) < 4.78 is 0. The average Bonchev–Trinajstić information content (AvgIpc) is 2.38. The molecular weight excluding hydrogens is 208 g/mol. The third-order valence-electron chi connectivity index (χ3n) is 3.35. The van der Waals surface area contributed by atoms with Crippen molar-refractivity contribution in [2.24, 2.45) is 0 Å². The zero-order valence-electron chi connectivity index (χ0n) is 10.1. The average molecular weight is 224 g/mol. The van der Waals surface area contributed by atoms with Crippen LogP contribution in [0.1, 0.15) is 29.7 Å². The maximum absolute atomic E-state index is 4.78. The predicted octanol–water partition coefficient (Wildman–Crippen LogP) is 3.33. The third kappa shape index (κ3) is 2.07. The maximum atomic E-state index is 4.78. The van der Waals surface area contributed by atoms with Gasteiger partial charge in [-0.3, -0.25) is 9.97 Å². The third-order valence-corrected chi connectivity index (χ3v) is 3.35. The molecule has 86 valence electrons. The molecule has 2 heterocycles. The van der Waals surface area contributed by atoms with Crippen LogP contribution in [0.25, 0.3) is 11.3 Å². The summed E-state index contributed by atoms with van der Waals surface area (Å²) in [5.74, 6) is 0. The summed E-state index contributed by atoms with van der Waals surface area (Å²) in [5.41, 5.74) is 6.08. The van der Waals surface area contributed by atoms with Gasteiger partial charge in [0.2, 0.25) is 0 Å². The van der Waals surface area contributed by atoms with Crippen LogP contribution in [0.5, 0.6) is 0 Å². The van der Waals surface area contributed by atoms with E-state index in [1.165, 1.54) is 36.1 Å². The minimum absolute atomic E-state index is 1.06. The number of aromatic nitrogens is 2. The zero-order chi connectivity index (χ0) is 11.7. The second-order valence-electron chi connectivity index (χ2n) is 4.76. The molecule has 0 bridgehead atoms. The first-order chi connectivity index (χ1) is 8.33. The Kier molecular flexibility index (Phi) is 2.63. The highest BCUT2D eigenvalue weighted by Crippen LogP contribution is 2.24. The standard InChI is InChI=1S/C15H16N2/c1-11-8-13(10-16-9-11)15-7-6-12-4-2-3-5-14(12)17-15/h6-10H,2-5H2,1H3. The molecule has 1 aliphatic carbocycles. The Morgan fingerprint density at radius 3 is 2.82 bits per heavy atom. The number of rotatable bonds is 1. The van der Waals surface area contributed by atoms with E-state index in [9.17, 15) is 0 Å². The Bertz CT molecular complexity index is 546. The molecule has 0 radical (unpaired) electrons. The molecule has 0 atom stereocenters. The lowest BCUT2D eigenvalue weighted by atomic mass is 9.95. The lowest BCUT2D eigenvalue weighted by molar-refractivity contribution is 0.668. The Balaban J connectivity index is 2.04. The number of fused-ring (bicyclic) bond motifs is 1. The van der Waals surface area contributed by atoms with Crippen LogP contribution in [0.4, 0.5) is 0 Å². The van der Waals surface area contributed by atoms with Crippen LogP contribution in [0.15, 0.2) is 30.6 Å². The molecule has 0 unspecified atom stereocenters. The smallest absolute Gasteiger partial charge is 0.0721 e. The van der Waals surface area contributed by atoms with Gasteiger partial charge in [-0.2, -0.15) is 0 Å². The van der Waals surface area contributed by atoms with Crippen molar-refractivity contribution in [3.05, 3.63) is 47.4 Å². The highest BCUT2D eigenvalue weighted by atomic mass is 14.7. The van der Waals surface area contributed by atoms with E-state index in [0.29, 0.717) is 0 Å². The maximum Gasteiger partial charge on any atom is 0.0721 e. The van der Waals surface area contributed by atoms with Gasteiger partial charge < -0.3 is 0 Å². The Hall–Kier alpha value is -1.70. The van der Waals surface area contributed by atoms with E-state index in [1.807, 2.05) is 12.4 Å². The van der Waals surface area contributed by atoms with E-state index >= 15 is 0 Å². The molecule has 0 saturated carbocycles. The van der Waals surface area contributed by atoms with E-state index in [-0.39, 0.29) is 0 Å². The molecule has 2 aromatic heterocycles. The van der Waals surface area contributed by atoms with Gasteiger partial charge in [0.05, 0.1) is 5.69 Å². The zero-order valence-corrected chi connectivity index (χ0v) is 10.1. The largest absolute Gasteiger partial charge is 0.264 e. The van der Waals surface area contributed by atoms with Crippen molar-refractivity contribution < 1.29 is 0 Å². The van der Waals surface area contributed by atoms with Crippen LogP contribution < -0.4 is 0 Å². The van der Waals surface area contributed by atoms with Crippen molar-refractivity contribution in [3.63, 3.8) is 0 Å². The molecule has 0 aliphatic heterocycles. The fraction of sp³-hybridized carbons (Fsp3) is 0.333. The summed E-state index contributed by atoms with van der Waals surface area (Å²) in [7, 11) is 0. The molecule has 17 heavy (non-hydrogen) atoms. The van der Waals surface area contributed by atoms with Gasteiger partial charge in [0, 0.05) is 23.7 Å². The SMILES string of the molecule is Cc1cncc(-c2ccc3c(n2)CCCC3)c1. The quantitative estimate of drug-likeness (QED) is 0.742. The van der Waals surface area contributed by atoms with Gasteiger partial charge in [-0.05, 0) is 55.9 Å². The van der Waals surface area contributed by atoms with E-state index in [1.54, 1.807) is 0 Å². The minimum atomic E-state index is 1.06. The van der Waals surface area contributed by atoms with Crippen molar-refractivity contribution in [1.82, 2.24) is 9.97 Å². The van der Waals surface area contributed by atoms with Crippen molar-refractivity contribution in [2.75, 3.05) is 0 Å². The number of hydrogen-bond donors (Lipinski definition) is 0. The normalized spacial score (nSPS) is 14.4. The topological polar surface area (TPSA) is 25.8 Å². The first kappa shape index (κ1) is 10.5. The van der Waals surface area contributed by atoms with Crippen molar-refractivity contribution in [1.29, 1.82) is 0 Å². The molecule has 1 aliphatic rings. The van der Waals surface area contributed by atoms with Crippen molar-refractivity contribution >= 4 is 0 Å². The van der Waals surface area contributed by atoms with Crippen LogP contribution >= 0.6 is 0 Å². The Labute approximate surface area is 102 Å². The number of nitrogens with zero attached hydrogens (tertiary/aromatic N) is 2. The summed E-state index contributed by atoms with van der Waals surface area (Å²) in [6, 6.07) is 6.50. The number of aryl methyl sites for hydroxylation is 3. The molecule has 0 amide bonds. The summed E-state index contributed by atoms with van der Waals surface area (Å²) in [6.07, 6.45) is 8.67. The second kappa shape index (κ2) is 4.28. The van der Waals surface area contributed by atoms with Crippen LogP contribution in [0.2, 0.25) is 0 Å². The summed E-state index contributed by atoms with van der Waals surface area (Å²) in [4.78, 5) is 9.02. The van der Waals surface area contributed by atoms with Crippen LogP contribution in [-0.2, 0) is 12.8 Å². The molecule has 0 aromatic carbocycles. The summed E-state index contributed by atoms with van der Waals surface area (Å²) in [5, 5.41) is 0. The fourth-order valence-corrected chi connectivity index (χ4v) is 2.44. The molecule has 0 spiro atoms. The Morgan fingerprint density at radius 2 is 1.94 bits per heavy atom. The summed E-state index contributed by atoms with van der Waals surface area (Å²) >= 11 is 0. The molecule has 0 N–H and O–H groups in total. The van der Waals surface area contributed by atoms with Gasteiger partial charge in [0.25, 0.3) is 0 Å². The number of pyridine rings is 2. The van der Waals surface area contributed by atoms with Crippen LogP contribution in [0, 0.1) is 6.92 Å². The van der Waals surface area contributed by atoms with Crippen LogP contribution in [0.3, 0.4) is 0 Å². The molecular formula is C15H16N2. The first-order valence-corrected chi connectivity index (χ1v) is 6.24. The molecule has 2 nitrogen and oxygen atoms in total. The molecule has 0 fully saturated rings. The Morgan fingerprint density at radius 1 is 1.06 bits per heavy atom. The predicted molar refractivity (Wildman–Crippen MR) is 68.8 cm³/mol. The van der Waals surface area contributed by atoms with Crippen LogP contribution in [-0.4, -0.2) is 9.97 Å². The lowest BCUT2D eigenvalue weighted by Gasteiger charge is -2.15. The van der Waals surface area contributed by atoms with E-state index < -0.39 is 0 Å². The van der Waals surface area contributed by atoms with Gasteiger partial charge in [-0.1, -0.05) is 6.07 Å². The highest BCUT2D eigenvalue weighted by molar-refractivity contribution is 5.59. The van der Waals surface area contributed by atoms with Gasteiger partial charge in [-0.15, -0.1) is 0 Å². The van der Waals surface area contributed by atoms with Gasteiger partial charge in [0.15, 0.2) is 0 Å². The molecule has 2 heteroatoms. The molecule has 0 saturated heterocycles. The van der Waals surface area contributed by atoms with E-state index in [2.05, 4.69) is 30.1 Å². The van der Waals surface area contributed by atoms with Gasteiger partial charge in [0.1, 0.15) is 0 Å². The second-order valence-corrected chi connectivity index (χ2v) is 4.76. The fourth-order valence-electron chi connectivity index (χ4n) is 2.44. The van der Waals surface area contributed by atoms with E-state index in [4.69, 9.17) is 4.98 Å². The first-order valence-electron chi connectivity index (χ1n) is 6.24. The minimum Gasteiger partial charge on any atom is -0.264 e. The van der Waals surface area contributed by atoms with E-state index in [0.717, 1.165) is 17.7 Å². The van der Waals surface area contributed by atoms with Crippen molar-refractivity contribution in [2.45, 2.75) is 32.6 Å². The number of hydrogen-bond acceptors (Lipinski definition) is 2. The lowest BCUT2D eigenvalue weighted by Crippen LogP contribution is -2.05.